The molecule has 2 aromatic carbocycles. The van der Waals surface area contributed by atoms with Gasteiger partial charge >= 0.3 is 12.2 Å². The third-order valence-corrected chi connectivity index (χ3v) is 7.85. The molecule has 0 bridgehead atoms. The molecule has 208 valence electrons. The molecule has 0 radical (unpaired) electrons. The lowest BCUT2D eigenvalue weighted by atomic mass is 10.2. The fourth-order valence-corrected chi connectivity index (χ4v) is 4.34. The molecule has 0 unspecified atom stereocenters. The van der Waals surface area contributed by atoms with E-state index in [2.05, 4.69) is 42.5 Å². The molecule has 2 aliphatic heterocycles. The molecule has 6 atom stereocenters. The number of amides is 2. The van der Waals surface area contributed by atoms with E-state index >= 15 is 0 Å². The van der Waals surface area contributed by atoms with Crippen LogP contribution in [-0.2, 0) is 18.9 Å². The lowest BCUT2D eigenvalue weighted by Gasteiger charge is -2.06. The summed E-state index contributed by atoms with van der Waals surface area (Å²) in [6.07, 6.45) is 0.579. The van der Waals surface area contributed by atoms with Gasteiger partial charge in [0.1, 0.15) is 37.6 Å². The fraction of sp³-hybridized carbons (Fsp3) is 0.462. The second kappa shape index (κ2) is 15.3. The van der Waals surface area contributed by atoms with E-state index in [1.165, 1.54) is 0 Å². The zero-order chi connectivity index (χ0) is 27.7. The summed E-state index contributed by atoms with van der Waals surface area (Å²) in [5, 5.41) is 5.26. The van der Waals surface area contributed by atoms with Crippen LogP contribution in [0.15, 0.2) is 57.5 Å². The maximum absolute atomic E-state index is 11.5. The van der Waals surface area contributed by atoms with E-state index < -0.39 is 12.2 Å². The van der Waals surface area contributed by atoms with Crippen LogP contribution in [-0.4, -0.2) is 60.6 Å². The van der Waals surface area contributed by atoms with Gasteiger partial charge < -0.3 is 18.9 Å². The highest BCUT2D eigenvalue weighted by molar-refractivity contribution is 9.10. The predicted molar refractivity (Wildman–Crippen MR) is 155 cm³/mol. The summed E-state index contributed by atoms with van der Waals surface area (Å²) in [5.41, 5.74) is 1.37. The first kappa shape index (κ1) is 31.0. The van der Waals surface area contributed by atoms with Crippen LogP contribution in [0.2, 0.25) is 0 Å². The van der Waals surface area contributed by atoms with Gasteiger partial charge in [-0.25, -0.2) is 9.59 Å². The van der Waals surface area contributed by atoms with Crippen LogP contribution < -0.4 is 10.6 Å². The normalized spacial score (nSPS) is 22.7. The third kappa shape index (κ3) is 10.5. The summed E-state index contributed by atoms with van der Waals surface area (Å²) < 4.78 is 22.7. The molecule has 0 saturated carbocycles. The maximum Gasteiger partial charge on any atom is 0.411 e. The van der Waals surface area contributed by atoms with Crippen LogP contribution in [0.5, 0.6) is 0 Å². The van der Waals surface area contributed by atoms with E-state index in [1.807, 2.05) is 38.1 Å². The van der Waals surface area contributed by atoms with E-state index in [-0.39, 0.29) is 48.4 Å². The van der Waals surface area contributed by atoms with E-state index in [1.54, 1.807) is 24.3 Å². The number of alkyl halides is 2. The van der Waals surface area contributed by atoms with Crippen LogP contribution in [0.3, 0.4) is 0 Å². The van der Waals surface area contributed by atoms with Gasteiger partial charge in [0.2, 0.25) is 0 Å². The first-order valence-corrected chi connectivity index (χ1v) is 14.6. The number of carbonyl (C=O) groups excluding carboxylic acids is 2. The molecule has 38 heavy (non-hydrogen) atoms. The van der Waals surface area contributed by atoms with Gasteiger partial charge in [-0.1, -0.05) is 45.7 Å². The standard InChI is InChI=1S/2C13H15BrClNO3/c2*1-2-10(15)12-11(19-12)7-18-13(17)16-9-5-3-8(14)4-6-9/h2*3-6,10-12H,2,7H2,1H3,(H,16,17)/t2*10-,11+,12-/m11/s1. The van der Waals surface area contributed by atoms with Gasteiger partial charge in [-0.2, -0.15) is 0 Å². The Bertz CT molecular complexity index is 964. The highest BCUT2D eigenvalue weighted by Crippen LogP contribution is 2.31. The number of benzene rings is 2. The molecule has 0 aromatic heterocycles. The van der Waals surface area contributed by atoms with Crippen LogP contribution in [0.25, 0.3) is 0 Å². The lowest BCUT2D eigenvalue weighted by Crippen LogP contribution is -2.19. The SMILES string of the molecule is CC[C@@H](Cl)[C@H]1O[C@H]1COC(=O)Nc1ccc(Br)cc1.CC[C@@H](Cl)[C@H]1O[C@H]1COC(=O)Nc1ccc(Br)cc1. The van der Waals surface area contributed by atoms with Gasteiger partial charge in [-0.05, 0) is 61.4 Å². The summed E-state index contributed by atoms with van der Waals surface area (Å²) in [6, 6.07) is 14.5. The minimum atomic E-state index is -0.487. The van der Waals surface area contributed by atoms with Gasteiger partial charge in [0.15, 0.2) is 0 Å². The van der Waals surface area contributed by atoms with Crippen molar-refractivity contribution in [3.63, 3.8) is 0 Å². The van der Waals surface area contributed by atoms with E-state index in [9.17, 15) is 9.59 Å². The Balaban J connectivity index is 0.000000211. The van der Waals surface area contributed by atoms with Crippen molar-refractivity contribution in [3.05, 3.63) is 57.5 Å². The zero-order valence-electron chi connectivity index (χ0n) is 20.9. The van der Waals surface area contributed by atoms with Gasteiger partial charge in [-0.15, -0.1) is 23.2 Å². The van der Waals surface area contributed by atoms with Gasteiger partial charge in [0, 0.05) is 20.3 Å². The number of ether oxygens (including phenoxy) is 4. The maximum atomic E-state index is 11.5. The molecule has 2 saturated heterocycles. The Labute approximate surface area is 249 Å². The first-order valence-electron chi connectivity index (χ1n) is 12.2. The summed E-state index contributed by atoms with van der Waals surface area (Å²) in [7, 11) is 0. The Kier molecular flexibility index (Phi) is 12.5. The Morgan fingerprint density at radius 1 is 0.763 bits per heavy atom. The molecule has 12 heteroatoms. The molecule has 0 aliphatic carbocycles. The van der Waals surface area contributed by atoms with E-state index in [0.29, 0.717) is 11.4 Å². The number of hydrogen-bond donors (Lipinski definition) is 2. The molecule has 2 fully saturated rings. The van der Waals surface area contributed by atoms with Gasteiger partial charge in [0.05, 0.1) is 10.8 Å². The molecule has 2 heterocycles. The Hall–Kier alpha value is -1.56. The van der Waals surface area contributed by atoms with Crippen LogP contribution >= 0.6 is 55.1 Å². The Morgan fingerprint density at radius 2 is 1.11 bits per heavy atom. The molecular formula is C26H30Br2Cl2N2O6. The van der Waals surface area contributed by atoms with Crippen molar-refractivity contribution < 1.29 is 28.5 Å². The number of carbonyl (C=O) groups is 2. The van der Waals surface area contributed by atoms with Crippen molar-refractivity contribution in [2.75, 3.05) is 23.8 Å². The lowest BCUT2D eigenvalue weighted by molar-refractivity contribution is 0.150. The minimum absolute atomic E-state index is 0.00662. The summed E-state index contributed by atoms with van der Waals surface area (Å²) >= 11 is 18.7. The van der Waals surface area contributed by atoms with Crippen molar-refractivity contribution in [2.45, 2.75) is 61.9 Å². The molecule has 2 N–H and O–H groups in total. The number of epoxide rings is 2. The smallest absolute Gasteiger partial charge is 0.411 e. The monoisotopic (exact) mass is 694 g/mol. The average molecular weight is 697 g/mol. The van der Waals surface area contributed by atoms with Crippen molar-refractivity contribution in [3.8, 4) is 0 Å². The average Bonchev–Trinajstić information content (AvgIpc) is 3.84. The van der Waals surface area contributed by atoms with Gasteiger partial charge in [-0.3, -0.25) is 10.6 Å². The summed E-state index contributed by atoms with van der Waals surface area (Å²) in [5.74, 6) is 0. The van der Waals surface area contributed by atoms with E-state index in [4.69, 9.17) is 42.1 Å². The first-order chi connectivity index (χ1) is 18.2. The zero-order valence-corrected chi connectivity index (χ0v) is 25.6. The topological polar surface area (TPSA) is 102 Å². The second-order valence-corrected chi connectivity index (χ2v) is 11.5. The largest absolute Gasteiger partial charge is 0.446 e. The summed E-state index contributed by atoms with van der Waals surface area (Å²) in [4.78, 5) is 23.1. The highest BCUT2D eigenvalue weighted by Gasteiger charge is 2.45. The molecule has 2 amide bonds. The highest BCUT2D eigenvalue weighted by atomic mass is 79.9. The Morgan fingerprint density at radius 3 is 1.42 bits per heavy atom. The number of nitrogens with one attached hydrogen (secondary N) is 2. The molecular weight excluding hydrogens is 667 g/mol. The molecule has 2 aromatic rings. The van der Waals surface area contributed by atoms with Crippen molar-refractivity contribution in [1.82, 2.24) is 0 Å². The van der Waals surface area contributed by atoms with E-state index in [0.717, 1.165) is 21.8 Å². The van der Waals surface area contributed by atoms with Gasteiger partial charge in [0.25, 0.3) is 0 Å². The molecule has 0 spiro atoms. The number of halogens is 4. The van der Waals surface area contributed by atoms with Crippen molar-refractivity contribution in [2.24, 2.45) is 0 Å². The second-order valence-electron chi connectivity index (χ2n) is 8.59. The minimum Gasteiger partial charge on any atom is -0.446 e. The van der Waals surface area contributed by atoms with Crippen molar-refractivity contribution >= 4 is 78.6 Å². The number of rotatable bonds is 10. The molecule has 2 aliphatic rings. The molecule has 4 rings (SSSR count). The number of hydrogen-bond acceptors (Lipinski definition) is 6. The van der Waals surface area contributed by atoms with Crippen LogP contribution in [0.4, 0.5) is 21.0 Å². The van der Waals surface area contributed by atoms with Crippen molar-refractivity contribution in [1.29, 1.82) is 0 Å². The number of anilines is 2. The quantitative estimate of drug-likeness (QED) is 0.196. The predicted octanol–water partition coefficient (Wildman–Crippen LogP) is 7.56. The summed E-state index contributed by atoms with van der Waals surface area (Å²) in [6.45, 7) is 4.46. The van der Waals surface area contributed by atoms with Crippen LogP contribution in [0, 0.1) is 0 Å². The van der Waals surface area contributed by atoms with Crippen LogP contribution in [0.1, 0.15) is 26.7 Å². The third-order valence-electron chi connectivity index (χ3n) is 5.68. The molecule has 8 nitrogen and oxygen atoms in total. The fourth-order valence-electron chi connectivity index (χ4n) is 3.37.